The van der Waals surface area contributed by atoms with Crippen LogP contribution in [0.3, 0.4) is 0 Å². The van der Waals surface area contributed by atoms with Gasteiger partial charge in [0.15, 0.2) is 0 Å². The van der Waals surface area contributed by atoms with Crippen molar-refractivity contribution in [1.82, 2.24) is 9.47 Å². The van der Waals surface area contributed by atoms with Crippen molar-refractivity contribution in [2.75, 3.05) is 25.0 Å². The lowest BCUT2D eigenvalue weighted by Gasteiger charge is -2.16. The van der Waals surface area contributed by atoms with Crippen molar-refractivity contribution in [2.45, 2.75) is 51.0 Å². The van der Waals surface area contributed by atoms with Gasteiger partial charge in [-0.15, -0.1) is 0 Å². The van der Waals surface area contributed by atoms with Gasteiger partial charge < -0.3 is 9.88 Å². The number of amides is 1. The van der Waals surface area contributed by atoms with Gasteiger partial charge in [0.1, 0.15) is 5.69 Å². The van der Waals surface area contributed by atoms with Crippen molar-refractivity contribution < 1.29 is 13.6 Å². The summed E-state index contributed by atoms with van der Waals surface area (Å²) in [5.74, 6) is -2.39. The summed E-state index contributed by atoms with van der Waals surface area (Å²) in [4.78, 5) is 25.5. The highest BCUT2D eigenvalue weighted by Gasteiger charge is 2.37. The fourth-order valence-corrected chi connectivity index (χ4v) is 3.21. The van der Waals surface area contributed by atoms with E-state index in [-0.39, 0.29) is 24.4 Å². The lowest BCUT2D eigenvalue weighted by Crippen LogP contribution is -2.29. The predicted molar refractivity (Wildman–Crippen MR) is 87.6 cm³/mol. The second-order valence-electron chi connectivity index (χ2n) is 6.88. The van der Waals surface area contributed by atoms with Crippen LogP contribution in [-0.4, -0.2) is 40.9 Å². The Morgan fingerprint density at radius 3 is 2.71 bits per heavy atom. The first-order valence-corrected chi connectivity index (χ1v) is 8.46. The first-order valence-electron chi connectivity index (χ1n) is 8.46. The van der Waals surface area contributed by atoms with Crippen molar-refractivity contribution in [3.05, 3.63) is 28.2 Å². The topological polar surface area (TPSA) is 54.3 Å². The van der Waals surface area contributed by atoms with Crippen LogP contribution in [0.1, 0.15) is 44.1 Å². The van der Waals surface area contributed by atoms with E-state index in [0.717, 1.165) is 18.4 Å². The molecule has 0 spiro atoms. The Hall–Kier alpha value is -1.76. The SMILES string of the molecule is CC(=O)Nc1cc(C2CC2)cn(CCCN2CCC(F)(F)C2)c1=O. The Kier molecular flexibility index (Phi) is 4.71. The molecule has 1 amide bonds. The maximum absolute atomic E-state index is 13.2. The number of nitrogens with one attached hydrogen (secondary N) is 1. The Morgan fingerprint density at radius 1 is 1.38 bits per heavy atom. The monoisotopic (exact) mass is 339 g/mol. The zero-order valence-corrected chi connectivity index (χ0v) is 13.9. The first-order chi connectivity index (χ1) is 11.3. The highest BCUT2D eigenvalue weighted by atomic mass is 19.3. The third kappa shape index (κ3) is 4.20. The van der Waals surface area contributed by atoms with Crippen LogP contribution in [0.5, 0.6) is 0 Å². The fraction of sp³-hybridized carbons (Fsp3) is 0.647. The summed E-state index contributed by atoms with van der Waals surface area (Å²) in [6, 6.07) is 1.76. The molecular formula is C17H23F2N3O2. The van der Waals surface area contributed by atoms with Crippen LogP contribution in [0, 0.1) is 0 Å². The van der Waals surface area contributed by atoms with Gasteiger partial charge in [-0.3, -0.25) is 14.5 Å². The molecule has 1 aliphatic carbocycles. The standard InChI is InChI=1S/C17H23F2N3O2/c1-12(23)20-15-9-14(13-3-4-13)10-22(16(15)24)7-2-6-21-8-5-17(18,19)11-21/h9-10,13H,2-8,11H2,1H3,(H,20,23). The van der Waals surface area contributed by atoms with Gasteiger partial charge in [0.2, 0.25) is 5.91 Å². The minimum atomic E-state index is -2.58. The number of halogens is 2. The number of nitrogens with zero attached hydrogens (tertiary/aromatic N) is 2. The second kappa shape index (κ2) is 6.63. The number of hydrogen-bond acceptors (Lipinski definition) is 3. The molecule has 1 N–H and O–H groups in total. The summed E-state index contributed by atoms with van der Waals surface area (Å²) in [5.41, 5.74) is 1.13. The average molecular weight is 339 g/mol. The van der Waals surface area contributed by atoms with Gasteiger partial charge in [0.25, 0.3) is 11.5 Å². The lowest BCUT2D eigenvalue weighted by molar-refractivity contribution is -0.114. The van der Waals surface area contributed by atoms with E-state index in [1.54, 1.807) is 15.5 Å². The van der Waals surface area contributed by atoms with Crippen LogP contribution in [0.2, 0.25) is 0 Å². The Balaban J connectivity index is 1.66. The maximum Gasteiger partial charge on any atom is 0.274 e. The van der Waals surface area contributed by atoms with Crippen LogP contribution in [0.4, 0.5) is 14.5 Å². The van der Waals surface area contributed by atoms with E-state index in [2.05, 4.69) is 5.32 Å². The molecule has 2 heterocycles. The Bertz CT molecular complexity index is 683. The minimum absolute atomic E-state index is 0.0865. The normalized spacial score (nSPS) is 20.3. The van der Waals surface area contributed by atoms with Crippen molar-refractivity contribution in [1.29, 1.82) is 0 Å². The molecule has 1 aromatic heterocycles. The number of carbonyl (C=O) groups excluding carboxylic acids is 1. The largest absolute Gasteiger partial charge is 0.322 e. The van der Waals surface area contributed by atoms with Gasteiger partial charge in [-0.05, 0) is 36.8 Å². The molecule has 0 unspecified atom stereocenters. The Labute approximate surface area is 139 Å². The zero-order chi connectivity index (χ0) is 17.3. The lowest BCUT2D eigenvalue weighted by atomic mass is 10.1. The summed E-state index contributed by atoms with van der Waals surface area (Å²) in [6.07, 6.45) is 4.59. The van der Waals surface area contributed by atoms with Crippen molar-refractivity contribution in [3.63, 3.8) is 0 Å². The number of aryl methyl sites for hydroxylation is 1. The molecule has 7 heteroatoms. The average Bonchev–Trinajstić information content (AvgIpc) is 3.27. The molecule has 0 bridgehead atoms. The molecule has 0 aromatic carbocycles. The molecule has 132 valence electrons. The fourth-order valence-electron chi connectivity index (χ4n) is 3.21. The molecule has 3 rings (SSSR count). The molecule has 0 atom stereocenters. The van der Waals surface area contributed by atoms with Gasteiger partial charge in [0, 0.05) is 39.2 Å². The van der Waals surface area contributed by atoms with Crippen LogP contribution in [-0.2, 0) is 11.3 Å². The molecule has 0 radical (unpaired) electrons. The second-order valence-corrected chi connectivity index (χ2v) is 6.88. The van der Waals surface area contributed by atoms with Crippen molar-refractivity contribution in [2.24, 2.45) is 0 Å². The summed E-state index contributed by atoms with van der Waals surface area (Å²) in [5, 5.41) is 2.60. The minimum Gasteiger partial charge on any atom is -0.322 e. The van der Waals surface area contributed by atoms with E-state index in [0.29, 0.717) is 37.7 Å². The molecule has 2 fully saturated rings. The van der Waals surface area contributed by atoms with Gasteiger partial charge >= 0.3 is 0 Å². The smallest absolute Gasteiger partial charge is 0.274 e. The van der Waals surface area contributed by atoms with E-state index in [9.17, 15) is 18.4 Å². The molecule has 5 nitrogen and oxygen atoms in total. The molecule has 2 aliphatic rings. The van der Waals surface area contributed by atoms with Gasteiger partial charge in [-0.25, -0.2) is 8.78 Å². The third-order valence-corrected chi connectivity index (χ3v) is 4.59. The van der Waals surface area contributed by atoms with E-state index < -0.39 is 5.92 Å². The van der Waals surface area contributed by atoms with Crippen LogP contribution < -0.4 is 10.9 Å². The summed E-state index contributed by atoms with van der Waals surface area (Å²) >= 11 is 0. The summed E-state index contributed by atoms with van der Waals surface area (Å²) in [6.45, 7) is 2.60. The highest BCUT2D eigenvalue weighted by molar-refractivity contribution is 5.88. The molecule has 1 saturated carbocycles. The summed E-state index contributed by atoms with van der Waals surface area (Å²) < 4.78 is 28.0. The molecule has 1 aromatic rings. The summed E-state index contributed by atoms with van der Waals surface area (Å²) in [7, 11) is 0. The molecule has 24 heavy (non-hydrogen) atoms. The molecule has 1 aliphatic heterocycles. The number of hydrogen-bond donors (Lipinski definition) is 1. The van der Waals surface area contributed by atoms with Crippen molar-refractivity contribution in [3.8, 4) is 0 Å². The number of alkyl halides is 2. The number of rotatable bonds is 6. The van der Waals surface area contributed by atoms with E-state index in [4.69, 9.17) is 0 Å². The number of anilines is 1. The molecule has 1 saturated heterocycles. The van der Waals surface area contributed by atoms with E-state index in [1.165, 1.54) is 6.92 Å². The number of pyridine rings is 1. The van der Waals surface area contributed by atoms with Crippen LogP contribution >= 0.6 is 0 Å². The van der Waals surface area contributed by atoms with Gasteiger partial charge in [0.05, 0.1) is 6.54 Å². The number of likely N-dealkylation sites (tertiary alicyclic amines) is 1. The van der Waals surface area contributed by atoms with Gasteiger partial charge in [-0.2, -0.15) is 0 Å². The van der Waals surface area contributed by atoms with Crippen LogP contribution in [0.15, 0.2) is 17.1 Å². The predicted octanol–water partition coefficient (Wildman–Crippen LogP) is 2.42. The van der Waals surface area contributed by atoms with Gasteiger partial charge in [-0.1, -0.05) is 0 Å². The van der Waals surface area contributed by atoms with E-state index in [1.807, 2.05) is 6.20 Å². The number of carbonyl (C=O) groups is 1. The third-order valence-electron chi connectivity index (χ3n) is 4.59. The number of aromatic nitrogens is 1. The molecular weight excluding hydrogens is 316 g/mol. The van der Waals surface area contributed by atoms with Crippen molar-refractivity contribution >= 4 is 11.6 Å². The highest BCUT2D eigenvalue weighted by Crippen LogP contribution is 2.40. The van der Waals surface area contributed by atoms with E-state index >= 15 is 0 Å². The van der Waals surface area contributed by atoms with Crippen LogP contribution in [0.25, 0.3) is 0 Å². The quantitative estimate of drug-likeness (QED) is 0.866. The first kappa shape index (κ1) is 17.1. The Morgan fingerprint density at radius 2 is 2.12 bits per heavy atom. The maximum atomic E-state index is 13.2. The zero-order valence-electron chi connectivity index (χ0n) is 13.9.